The van der Waals surface area contributed by atoms with Gasteiger partial charge in [-0.2, -0.15) is 0 Å². The maximum Gasteiger partial charge on any atom is 0.241 e. The van der Waals surface area contributed by atoms with Gasteiger partial charge in [0.1, 0.15) is 0 Å². The first-order valence-corrected chi connectivity index (χ1v) is 9.26. The molecule has 0 bridgehead atoms. The molecule has 0 aliphatic heterocycles. The van der Waals surface area contributed by atoms with E-state index < -0.39 is 10.0 Å². The first-order valence-electron chi connectivity index (χ1n) is 6.90. The van der Waals surface area contributed by atoms with Crippen LogP contribution in [0.25, 0.3) is 0 Å². The molecule has 1 aromatic rings. The Labute approximate surface area is 124 Å². The minimum Gasteiger partial charge on any atom is -0.377 e. The Morgan fingerprint density at radius 3 is 2.85 bits per heavy atom. The van der Waals surface area contributed by atoms with Crippen LogP contribution in [0.1, 0.15) is 31.6 Å². The molecule has 20 heavy (non-hydrogen) atoms. The first-order chi connectivity index (χ1) is 9.49. The fraction of sp³-hybridized carbons (Fsp3) is 0.692. The third kappa shape index (κ3) is 4.82. The highest BCUT2D eigenvalue weighted by molar-refractivity contribution is 7.89. The lowest BCUT2D eigenvalue weighted by Crippen LogP contribution is -2.29. The molecule has 7 heteroatoms. The summed E-state index contributed by atoms with van der Waals surface area (Å²) < 4.78 is 32.4. The lowest BCUT2D eigenvalue weighted by molar-refractivity contribution is 0.0834. The zero-order chi connectivity index (χ0) is 14.6. The lowest BCUT2D eigenvalue weighted by atomic mass is 10.4. The zero-order valence-corrected chi connectivity index (χ0v) is 13.5. The van der Waals surface area contributed by atoms with E-state index in [4.69, 9.17) is 4.74 Å². The van der Waals surface area contributed by atoms with Crippen molar-refractivity contribution < 1.29 is 13.2 Å². The van der Waals surface area contributed by atoms with Crippen molar-refractivity contribution in [3.05, 3.63) is 16.3 Å². The molecule has 0 saturated heterocycles. The molecule has 114 valence electrons. The fourth-order valence-electron chi connectivity index (χ4n) is 1.77. The molecule has 2 N–H and O–H groups in total. The second-order valence-corrected chi connectivity index (χ2v) is 7.92. The number of rotatable bonds is 9. The van der Waals surface area contributed by atoms with E-state index in [9.17, 15) is 8.42 Å². The Hall–Kier alpha value is -0.470. The predicted octanol–water partition coefficient (Wildman–Crippen LogP) is 1.70. The molecule has 0 aromatic carbocycles. The van der Waals surface area contributed by atoms with E-state index in [0.29, 0.717) is 30.6 Å². The Kier molecular flexibility index (Phi) is 5.57. The van der Waals surface area contributed by atoms with E-state index in [-0.39, 0.29) is 6.10 Å². The minimum atomic E-state index is -3.43. The lowest BCUT2D eigenvalue weighted by Gasteiger charge is -2.10. The van der Waals surface area contributed by atoms with Gasteiger partial charge in [-0.25, -0.2) is 13.1 Å². The summed E-state index contributed by atoms with van der Waals surface area (Å²) in [5.41, 5.74) is 0. The number of hydrogen-bond acceptors (Lipinski definition) is 5. The van der Waals surface area contributed by atoms with Crippen molar-refractivity contribution in [2.75, 3.05) is 13.2 Å². The largest absolute Gasteiger partial charge is 0.377 e. The maximum absolute atomic E-state index is 12.2. The number of nitrogens with one attached hydrogen (secondary N) is 2. The van der Waals surface area contributed by atoms with E-state index in [0.717, 1.165) is 4.88 Å². The summed E-state index contributed by atoms with van der Waals surface area (Å²) in [4.78, 5) is 1.26. The van der Waals surface area contributed by atoms with Crippen molar-refractivity contribution >= 4 is 21.4 Å². The van der Waals surface area contributed by atoms with Gasteiger partial charge >= 0.3 is 0 Å². The van der Waals surface area contributed by atoms with Gasteiger partial charge in [-0.05, 0) is 38.1 Å². The third-order valence-corrected chi connectivity index (χ3v) is 5.56. The average Bonchev–Trinajstić information content (AvgIpc) is 3.08. The van der Waals surface area contributed by atoms with Crippen LogP contribution in [0, 0.1) is 0 Å². The SMILES string of the molecule is CC(C)OCCNS(=O)(=O)c1ccsc1CNC1CC1. The molecule has 0 spiro atoms. The predicted molar refractivity (Wildman–Crippen MR) is 80.5 cm³/mol. The molecule has 1 saturated carbocycles. The Morgan fingerprint density at radius 2 is 2.20 bits per heavy atom. The van der Waals surface area contributed by atoms with Gasteiger partial charge in [-0.1, -0.05) is 0 Å². The summed E-state index contributed by atoms with van der Waals surface area (Å²) in [6.45, 7) is 5.16. The summed E-state index contributed by atoms with van der Waals surface area (Å²) in [7, 11) is -3.43. The number of ether oxygens (including phenoxy) is 1. The molecule has 1 heterocycles. The van der Waals surface area contributed by atoms with Crippen molar-refractivity contribution in [2.45, 2.75) is 50.3 Å². The van der Waals surface area contributed by atoms with E-state index >= 15 is 0 Å². The third-order valence-electron chi connectivity index (χ3n) is 2.97. The highest BCUT2D eigenvalue weighted by Gasteiger charge is 2.23. The van der Waals surface area contributed by atoms with Gasteiger partial charge in [0.05, 0.1) is 17.6 Å². The molecular formula is C13H22N2O3S2. The van der Waals surface area contributed by atoms with Crippen molar-refractivity contribution in [2.24, 2.45) is 0 Å². The maximum atomic E-state index is 12.2. The van der Waals surface area contributed by atoms with Gasteiger partial charge < -0.3 is 10.1 Å². The smallest absolute Gasteiger partial charge is 0.241 e. The highest BCUT2D eigenvalue weighted by atomic mass is 32.2. The Morgan fingerprint density at radius 1 is 1.45 bits per heavy atom. The summed E-state index contributed by atoms with van der Waals surface area (Å²) >= 11 is 1.48. The minimum absolute atomic E-state index is 0.110. The van der Waals surface area contributed by atoms with E-state index in [1.54, 1.807) is 6.07 Å². The van der Waals surface area contributed by atoms with Crippen LogP contribution in [-0.4, -0.2) is 33.7 Å². The standard InChI is InChI=1S/C13H22N2O3S2/c1-10(2)18-7-6-15-20(16,17)13-5-8-19-12(13)9-14-11-3-4-11/h5,8,10-11,14-15H,3-4,6-7,9H2,1-2H3. The molecule has 1 aliphatic rings. The molecule has 0 amide bonds. The van der Waals surface area contributed by atoms with Crippen LogP contribution < -0.4 is 10.0 Å². The molecule has 1 fully saturated rings. The second-order valence-electron chi connectivity index (χ2n) is 5.18. The summed E-state index contributed by atoms with van der Waals surface area (Å²) in [6.07, 6.45) is 2.50. The molecular weight excluding hydrogens is 296 g/mol. The van der Waals surface area contributed by atoms with Gasteiger partial charge in [0.2, 0.25) is 10.0 Å². The van der Waals surface area contributed by atoms with Crippen molar-refractivity contribution in [1.29, 1.82) is 0 Å². The summed E-state index contributed by atoms with van der Waals surface area (Å²) in [5, 5.41) is 5.17. The van der Waals surface area contributed by atoms with Gasteiger partial charge in [0.15, 0.2) is 0 Å². The van der Waals surface area contributed by atoms with Gasteiger partial charge in [-0.3, -0.25) is 0 Å². The zero-order valence-electron chi connectivity index (χ0n) is 11.9. The van der Waals surface area contributed by atoms with E-state index in [2.05, 4.69) is 10.0 Å². The first kappa shape index (κ1) is 15.9. The van der Waals surface area contributed by atoms with Crippen LogP contribution in [0.2, 0.25) is 0 Å². The second kappa shape index (κ2) is 7.00. The number of thiophene rings is 1. The average molecular weight is 318 g/mol. The van der Waals surface area contributed by atoms with Crippen LogP contribution in [-0.2, 0) is 21.3 Å². The number of hydrogen-bond donors (Lipinski definition) is 2. The topological polar surface area (TPSA) is 67.4 Å². The van der Waals surface area contributed by atoms with Crippen LogP contribution in [0.5, 0.6) is 0 Å². The van der Waals surface area contributed by atoms with Gasteiger partial charge in [0, 0.05) is 24.0 Å². The van der Waals surface area contributed by atoms with Crippen LogP contribution in [0.4, 0.5) is 0 Å². The Balaban J connectivity index is 1.89. The van der Waals surface area contributed by atoms with Crippen LogP contribution in [0.3, 0.4) is 0 Å². The van der Waals surface area contributed by atoms with Crippen molar-refractivity contribution in [3.8, 4) is 0 Å². The summed E-state index contributed by atoms with van der Waals surface area (Å²) in [5.74, 6) is 0. The van der Waals surface area contributed by atoms with E-state index in [1.807, 2.05) is 19.2 Å². The van der Waals surface area contributed by atoms with Gasteiger partial charge in [0.25, 0.3) is 0 Å². The van der Waals surface area contributed by atoms with Crippen LogP contribution in [0.15, 0.2) is 16.3 Å². The molecule has 0 atom stereocenters. The molecule has 1 aliphatic carbocycles. The fourth-order valence-corrected chi connectivity index (χ4v) is 4.18. The molecule has 1 aromatic heterocycles. The van der Waals surface area contributed by atoms with Crippen molar-refractivity contribution in [3.63, 3.8) is 0 Å². The molecule has 5 nitrogen and oxygen atoms in total. The highest BCUT2D eigenvalue weighted by Crippen LogP contribution is 2.24. The van der Waals surface area contributed by atoms with Gasteiger partial charge in [-0.15, -0.1) is 11.3 Å². The quantitative estimate of drug-likeness (QED) is 0.680. The number of sulfonamides is 1. The summed E-state index contributed by atoms with van der Waals surface area (Å²) in [6, 6.07) is 2.24. The molecule has 0 unspecified atom stereocenters. The molecule has 0 radical (unpaired) electrons. The Bertz CT molecular complexity index is 521. The van der Waals surface area contributed by atoms with Crippen LogP contribution >= 0.6 is 11.3 Å². The van der Waals surface area contributed by atoms with Crippen molar-refractivity contribution in [1.82, 2.24) is 10.0 Å². The monoisotopic (exact) mass is 318 g/mol. The normalized spacial score (nSPS) is 15.9. The molecule has 2 rings (SSSR count). The van der Waals surface area contributed by atoms with E-state index in [1.165, 1.54) is 24.2 Å².